The van der Waals surface area contributed by atoms with E-state index in [1.54, 1.807) is 0 Å². The molecule has 0 bridgehead atoms. The highest BCUT2D eigenvalue weighted by Gasteiger charge is 2.22. The quantitative estimate of drug-likeness (QED) is 0.107. The Bertz CT molecular complexity index is 9130. The van der Waals surface area contributed by atoms with E-state index in [0.717, 1.165) is 138 Å². The predicted molar refractivity (Wildman–Crippen MR) is 552 cm³/mol. The Morgan fingerprint density at radius 3 is 0.681 bits per heavy atom. The smallest absolute Gasteiger partial charge is 0.164 e. The molecule has 0 N–H and O–H groups in total. The lowest BCUT2D eigenvalue weighted by atomic mass is 9.94. The highest BCUT2D eigenvalue weighted by Crippen LogP contribution is 2.45. The molecule has 0 unspecified atom stereocenters. The van der Waals surface area contributed by atoms with Gasteiger partial charge in [-0.25, -0.2) is 44.9 Å². The van der Waals surface area contributed by atoms with Gasteiger partial charge in [-0.05, 0) is 149 Å². The third-order valence-corrected chi connectivity index (χ3v) is 25.5. The molecule has 0 saturated heterocycles. The second-order valence-electron chi connectivity index (χ2n) is 33.8. The number of fused-ring (bicyclic) bond motifs is 21. The Morgan fingerprint density at radius 1 is 0.111 bits per heavy atom. The van der Waals surface area contributed by atoms with Crippen molar-refractivity contribution < 1.29 is 13.3 Å². The standard InChI is InChI=1S/3C41H25N3O/c1-3-10-28(11-4-1)39-42-40(29-12-5-2-6-13-29)44-41(43-39)32-15-9-14-30(24-32)31-21-19-26-18-20-27-22-23-36-38(37(27)34(26)25-31)33-16-7-8-17-35(33)45-36;1-3-10-27(11-4-1)39-42-40(28-12-5-2-6-13-28)44-41(43-39)32-15-9-14-29(25-32)30-20-22-33-31(24-30)19-18-26-21-23-36-38(37(26)33)34-16-7-8-17-35(34)45-36;1-3-9-28(10-4-1)39-42-40(29-11-5-2-6-12-29)44-41(43-39)30-18-15-26(16-19-30)31-21-23-33-32(25-31)20-17-27-22-24-36-38(37(27)33)34-13-7-8-14-35(34)45-36/h3*1-25H. The van der Waals surface area contributed by atoms with E-state index in [-0.39, 0.29) is 0 Å². The van der Waals surface area contributed by atoms with Gasteiger partial charge in [0.15, 0.2) is 52.4 Å². The first kappa shape index (κ1) is 78.8. The van der Waals surface area contributed by atoms with Crippen LogP contribution >= 0.6 is 0 Å². The summed E-state index contributed by atoms with van der Waals surface area (Å²) >= 11 is 0. The molecule has 21 aromatic carbocycles. The van der Waals surface area contributed by atoms with E-state index in [2.05, 4.69) is 237 Å². The highest BCUT2D eigenvalue weighted by atomic mass is 16.3. The molecule has 6 aromatic heterocycles. The SMILES string of the molecule is c1ccc(-c2nc(-c3ccccc3)nc(-c3ccc(-c4ccc5c(ccc6ccc7oc8ccccc8c7c65)c4)cc3)n2)cc1.c1ccc(-c2nc(-c3ccccc3)nc(-c3cccc(-c4ccc5c(ccc6ccc7oc8ccccc8c7c65)c4)c3)n2)cc1.c1ccc(-c2nc(-c3ccccc3)nc(-c3cccc(-c4ccc5ccc6ccc7oc8ccccc8c7c6c5c4)c3)n2)cc1. The number of para-hydroxylation sites is 3. The monoisotopic (exact) mass is 1730 g/mol. The van der Waals surface area contributed by atoms with Gasteiger partial charge < -0.3 is 13.3 Å². The van der Waals surface area contributed by atoms with E-state index in [9.17, 15) is 0 Å². The first-order valence-corrected chi connectivity index (χ1v) is 45.1. The van der Waals surface area contributed by atoms with Crippen LogP contribution in [0, 0.1) is 0 Å². The molecule has 0 radical (unpaired) electrons. The number of hydrogen-bond donors (Lipinski definition) is 0. The Balaban J connectivity index is 0.000000108. The minimum atomic E-state index is 0.641. The van der Waals surface area contributed by atoms with Crippen LogP contribution in [0.5, 0.6) is 0 Å². The molecule has 0 aliphatic heterocycles. The van der Waals surface area contributed by atoms with Gasteiger partial charge in [-0.1, -0.05) is 388 Å². The molecule has 0 aliphatic rings. The fraction of sp³-hybridized carbons (Fsp3) is 0. The van der Waals surface area contributed by atoms with Crippen LogP contribution in [-0.4, -0.2) is 44.9 Å². The van der Waals surface area contributed by atoms with Gasteiger partial charge in [0.1, 0.15) is 33.5 Å². The first-order chi connectivity index (χ1) is 66.8. The molecule has 6 heterocycles. The summed E-state index contributed by atoms with van der Waals surface area (Å²) < 4.78 is 18.7. The van der Waals surface area contributed by atoms with E-state index < -0.39 is 0 Å². The van der Waals surface area contributed by atoms with Gasteiger partial charge in [-0.2, -0.15) is 0 Å². The van der Waals surface area contributed by atoms with Gasteiger partial charge >= 0.3 is 0 Å². The molecular formula is C123H75N9O3. The Kier molecular flexibility index (Phi) is 19.6. The lowest BCUT2D eigenvalue weighted by Crippen LogP contribution is -2.00. The second kappa shape index (κ2) is 33.6. The second-order valence-corrected chi connectivity index (χ2v) is 33.8. The molecule has 0 fully saturated rings. The van der Waals surface area contributed by atoms with Crippen molar-refractivity contribution in [1.82, 2.24) is 44.9 Å². The third kappa shape index (κ3) is 14.8. The maximum absolute atomic E-state index is 6.25. The average Bonchev–Trinajstić information content (AvgIpc) is 1.65. The van der Waals surface area contributed by atoms with Gasteiger partial charge in [0, 0.05) is 98.5 Å². The van der Waals surface area contributed by atoms with Crippen LogP contribution in [0.1, 0.15) is 0 Å². The van der Waals surface area contributed by atoms with Crippen molar-refractivity contribution in [3.8, 4) is 136 Å². The van der Waals surface area contributed by atoms with E-state index in [1.807, 2.05) is 218 Å². The van der Waals surface area contributed by atoms with E-state index >= 15 is 0 Å². The number of benzene rings is 21. The summed E-state index contributed by atoms with van der Waals surface area (Å²) in [6.07, 6.45) is 0. The summed E-state index contributed by atoms with van der Waals surface area (Å²) in [7, 11) is 0. The van der Waals surface area contributed by atoms with E-state index in [1.165, 1.54) is 75.4 Å². The zero-order chi connectivity index (χ0) is 89.2. The summed E-state index contributed by atoms with van der Waals surface area (Å²) in [5.74, 6) is 5.86. The van der Waals surface area contributed by atoms with Gasteiger partial charge in [0.2, 0.25) is 0 Å². The van der Waals surface area contributed by atoms with E-state index in [4.69, 9.17) is 58.1 Å². The van der Waals surface area contributed by atoms with Gasteiger partial charge in [0.05, 0.1) is 0 Å². The maximum atomic E-state index is 6.25. The molecule has 0 amide bonds. The maximum Gasteiger partial charge on any atom is 0.164 e. The molecule has 630 valence electrons. The molecule has 0 atom stereocenters. The molecule has 27 rings (SSSR count). The minimum absolute atomic E-state index is 0.641. The van der Waals surface area contributed by atoms with Crippen LogP contribution < -0.4 is 0 Å². The number of nitrogens with zero attached hydrogens (tertiary/aromatic N) is 9. The fourth-order valence-corrected chi connectivity index (χ4v) is 18.9. The van der Waals surface area contributed by atoms with Gasteiger partial charge in [0.25, 0.3) is 0 Å². The van der Waals surface area contributed by atoms with Crippen molar-refractivity contribution in [3.63, 3.8) is 0 Å². The zero-order valence-electron chi connectivity index (χ0n) is 72.6. The largest absolute Gasteiger partial charge is 0.456 e. The summed E-state index contributed by atoms with van der Waals surface area (Å²) in [5.41, 5.74) is 20.8. The molecule has 27 aromatic rings. The van der Waals surface area contributed by atoms with Crippen molar-refractivity contribution in [3.05, 3.63) is 455 Å². The van der Waals surface area contributed by atoms with Crippen LogP contribution in [0.3, 0.4) is 0 Å². The van der Waals surface area contributed by atoms with Crippen LogP contribution in [0.15, 0.2) is 468 Å². The third-order valence-electron chi connectivity index (χ3n) is 25.5. The Hall–Kier alpha value is -18.4. The summed E-state index contributed by atoms with van der Waals surface area (Å²) in [5, 5.41) is 21.4. The molecule has 0 saturated carbocycles. The normalized spacial score (nSPS) is 11.6. The Labute approximate surface area is 774 Å². The van der Waals surface area contributed by atoms with Gasteiger partial charge in [-0.15, -0.1) is 0 Å². The molecular weight excluding hydrogens is 1650 g/mol. The summed E-state index contributed by atoms with van der Waals surface area (Å²) in [6, 6.07) is 157. The van der Waals surface area contributed by atoms with Crippen molar-refractivity contribution in [2.75, 3.05) is 0 Å². The Morgan fingerprint density at radius 2 is 0.333 bits per heavy atom. The summed E-state index contributed by atoms with van der Waals surface area (Å²) in [6.45, 7) is 0. The molecule has 12 heteroatoms. The van der Waals surface area contributed by atoms with Gasteiger partial charge in [-0.3, -0.25) is 0 Å². The van der Waals surface area contributed by atoms with Crippen molar-refractivity contribution in [2.24, 2.45) is 0 Å². The van der Waals surface area contributed by atoms with E-state index in [0.29, 0.717) is 52.4 Å². The van der Waals surface area contributed by atoms with Crippen LogP contribution in [0.25, 0.3) is 266 Å². The van der Waals surface area contributed by atoms with Crippen molar-refractivity contribution >= 4 is 130 Å². The van der Waals surface area contributed by atoms with Crippen LogP contribution in [0.4, 0.5) is 0 Å². The lowest BCUT2D eigenvalue weighted by molar-refractivity contribution is 0.669. The molecule has 0 aliphatic carbocycles. The number of hydrogen-bond acceptors (Lipinski definition) is 12. The molecule has 135 heavy (non-hydrogen) atoms. The van der Waals surface area contributed by atoms with Crippen molar-refractivity contribution in [1.29, 1.82) is 0 Å². The molecule has 12 nitrogen and oxygen atoms in total. The zero-order valence-corrected chi connectivity index (χ0v) is 72.6. The minimum Gasteiger partial charge on any atom is -0.456 e. The van der Waals surface area contributed by atoms with Crippen LogP contribution in [-0.2, 0) is 0 Å². The topological polar surface area (TPSA) is 155 Å². The average molecular weight is 1730 g/mol. The number of rotatable bonds is 12. The fourth-order valence-electron chi connectivity index (χ4n) is 18.9. The summed E-state index contributed by atoms with van der Waals surface area (Å²) in [4.78, 5) is 44.1. The highest BCUT2D eigenvalue weighted by molar-refractivity contribution is 6.30. The lowest BCUT2D eigenvalue weighted by Gasteiger charge is -2.11. The van der Waals surface area contributed by atoms with Crippen LogP contribution in [0.2, 0.25) is 0 Å². The molecule has 0 spiro atoms. The number of furan rings is 3. The van der Waals surface area contributed by atoms with Crippen molar-refractivity contribution in [2.45, 2.75) is 0 Å². The number of aromatic nitrogens is 9. The predicted octanol–water partition coefficient (Wildman–Crippen LogP) is 32.2. The first-order valence-electron chi connectivity index (χ1n) is 45.1.